The van der Waals surface area contributed by atoms with Crippen molar-refractivity contribution in [1.29, 1.82) is 5.53 Å². The number of aromatic amines is 1. The molecule has 154 valence electrons. The number of alkyl halides is 3. The van der Waals surface area contributed by atoms with Gasteiger partial charge >= 0.3 is 6.18 Å². The Kier molecular flexibility index (Phi) is 9.02. The highest BCUT2D eigenvalue weighted by molar-refractivity contribution is 5.46. The minimum Gasteiger partial charge on any atom is -0.320 e. The normalized spacial score (nSPS) is 12.6. The monoisotopic (exact) mass is 401 g/mol. The molecule has 1 unspecified atom stereocenters. The molecular formula is C16H22F3N7O2. The Morgan fingerprint density at radius 2 is 2.18 bits per heavy atom. The van der Waals surface area contributed by atoms with Crippen molar-refractivity contribution >= 4 is 18.3 Å². The maximum absolute atomic E-state index is 13.0. The van der Waals surface area contributed by atoms with Crippen LogP contribution in [-0.4, -0.2) is 41.2 Å². The molecule has 0 amide bonds. The Labute approximate surface area is 158 Å². The Bertz CT molecular complexity index is 831. The molecule has 0 bridgehead atoms. The molecule has 9 nitrogen and oxygen atoms in total. The van der Waals surface area contributed by atoms with Crippen molar-refractivity contribution in [3.05, 3.63) is 41.0 Å². The van der Waals surface area contributed by atoms with Gasteiger partial charge in [0.25, 0.3) is 5.56 Å². The molecule has 1 atom stereocenters. The Morgan fingerprint density at radius 3 is 2.79 bits per heavy atom. The summed E-state index contributed by atoms with van der Waals surface area (Å²) in [5.41, 5.74) is 7.11. The number of aromatic nitrogens is 3. The molecule has 0 fully saturated rings. The Balaban J connectivity index is 0.00000190. The molecule has 3 N–H and O–H groups in total. The lowest BCUT2D eigenvalue weighted by Gasteiger charge is -2.19. The first-order valence-electron chi connectivity index (χ1n) is 8.28. The van der Waals surface area contributed by atoms with E-state index in [0.717, 1.165) is 5.01 Å². The van der Waals surface area contributed by atoms with Gasteiger partial charge in [-0.25, -0.2) is 4.52 Å². The number of rotatable bonds is 9. The van der Waals surface area contributed by atoms with Crippen molar-refractivity contribution in [2.75, 3.05) is 18.6 Å². The molecule has 0 spiro atoms. The van der Waals surface area contributed by atoms with Gasteiger partial charge in [0.1, 0.15) is 12.3 Å². The second kappa shape index (κ2) is 11.0. The molecule has 2 heterocycles. The van der Waals surface area contributed by atoms with E-state index in [2.05, 4.69) is 20.6 Å². The van der Waals surface area contributed by atoms with Gasteiger partial charge in [-0.05, 0) is 45.0 Å². The van der Waals surface area contributed by atoms with Crippen LogP contribution < -0.4 is 15.9 Å². The number of H-pyrrole nitrogens is 1. The van der Waals surface area contributed by atoms with Crippen LogP contribution in [0.3, 0.4) is 0 Å². The molecule has 2 rings (SSSR count). The van der Waals surface area contributed by atoms with Gasteiger partial charge in [0.15, 0.2) is 0 Å². The van der Waals surface area contributed by atoms with E-state index in [9.17, 15) is 18.0 Å². The van der Waals surface area contributed by atoms with Crippen LogP contribution in [0.1, 0.15) is 19.3 Å². The third-order valence-corrected chi connectivity index (χ3v) is 3.85. The molecule has 0 aliphatic rings. The maximum atomic E-state index is 13.0. The highest BCUT2D eigenvalue weighted by Crippen LogP contribution is 2.32. The van der Waals surface area contributed by atoms with E-state index in [4.69, 9.17) is 10.3 Å². The van der Waals surface area contributed by atoms with Gasteiger partial charge in [-0.3, -0.25) is 9.78 Å². The molecule has 0 aliphatic heterocycles. The molecule has 12 heteroatoms. The second-order valence-electron chi connectivity index (χ2n) is 5.65. The standard InChI is InChI=1S/C15H20F3N7O.CH2O/c1-20-8-7-11(15(16,17)18)5-2-3-9-25(23-19)14-21-13(26)12-6-4-10-24(12)22-14;1-2/h3-4,6,9-11,19-20H,2,5,7-8H2,1H3,(H,21,22,26);1H2/b9-3+,23-19?;. The van der Waals surface area contributed by atoms with Crippen LogP contribution in [-0.2, 0) is 4.79 Å². The van der Waals surface area contributed by atoms with Gasteiger partial charge in [-0.1, -0.05) is 11.3 Å². The van der Waals surface area contributed by atoms with E-state index >= 15 is 0 Å². The summed E-state index contributed by atoms with van der Waals surface area (Å²) in [6.07, 6.45) is 0.164. The van der Waals surface area contributed by atoms with Crippen molar-refractivity contribution in [2.24, 2.45) is 11.1 Å². The SMILES string of the molecule is C=O.CNCCC(CC/C=C/N(N=N)c1nn2cccc2c(=O)[nH]1)C(F)(F)F. The fourth-order valence-electron chi connectivity index (χ4n) is 2.45. The zero-order valence-corrected chi connectivity index (χ0v) is 15.2. The van der Waals surface area contributed by atoms with E-state index < -0.39 is 17.7 Å². The number of fused-ring (bicyclic) bond motifs is 1. The zero-order valence-electron chi connectivity index (χ0n) is 15.2. The van der Waals surface area contributed by atoms with Gasteiger partial charge < -0.3 is 10.1 Å². The molecule has 0 aromatic carbocycles. The van der Waals surface area contributed by atoms with Gasteiger partial charge in [-0.2, -0.15) is 23.7 Å². The largest absolute Gasteiger partial charge is 0.391 e. The molecule has 0 aliphatic carbocycles. The number of halogens is 3. The predicted molar refractivity (Wildman–Crippen MR) is 97.0 cm³/mol. The van der Waals surface area contributed by atoms with E-state index in [-0.39, 0.29) is 31.8 Å². The fraction of sp³-hybridized carbons (Fsp3) is 0.438. The van der Waals surface area contributed by atoms with E-state index in [1.807, 2.05) is 6.79 Å². The quantitative estimate of drug-likeness (QED) is 0.441. The van der Waals surface area contributed by atoms with E-state index in [1.165, 1.54) is 16.8 Å². The number of carbonyl (C=O) groups excluding carboxylic acids is 1. The summed E-state index contributed by atoms with van der Waals surface area (Å²) < 4.78 is 40.2. The predicted octanol–water partition coefficient (Wildman–Crippen LogP) is 2.67. The van der Waals surface area contributed by atoms with Crippen LogP contribution in [0.2, 0.25) is 0 Å². The number of anilines is 1. The van der Waals surface area contributed by atoms with Crippen LogP contribution in [0.5, 0.6) is 0 Å². The van der Waals surface area contributed by atoms with E-state index in [1.54, 1.807) is 25.4 Å². The topological polar surface area (TPSA) is 119 Å². The molecule has 0 saturated carbocycles. The van der Waals surface area contributed by atoms with E-state index in [0.29, 0.717) is 5.52 Å². The molecule has 2 aromatic rings. The molecular weight excluding hydrogens is 379 g/mol. The second-order valence-corrected chi connectivity index (χ2v) is 5.65. The molecule has 28 heavy (non-hydrogen) atoms. The molecule has 0 saturated heterocycles. The summed E-state index contributed by atoms with van der Waals surface area (Å²) in [5, 5.41) is 11.0. The molecule has 2 aromatic heterocycles. The zero-order chi connectivity index (χ0) is 21.2. The van der Waals surface area contributed by atoms with Gasteiger partial charge in [0.05, 0.1) is 5.92 Å². The Hall–Kier alpha value is -3.02. The maximum Gasteiger partial charge on any atom is 0.391 e. The van der Waals surface area contributed by atoms with Gasteiger partial charge in [0, 0.05) is 12.4 Å². The summed E-state index contributed by atoms with van der Waals surface area (Å²) in [7, 11) is 1.61. The Morgan fingerprint density at radius 1 is 1.46 bits per heavy atom. The number of nitrogens with zero attached hydrogens (tertiary/aromatic N) is 4. The van der Waals surface area contributed by atoms with Crippen LogP contribution in [0, 0.1) is 11.4 Å². The van der Waals surface area contributed by atoms with Crippen LogP contribution in [0.4, 0.5) is 19.1 Å². The van der Waals surface area contributed by atoms with Crippen molar-refractivity contribution in [3.63, 3.8) is 0 Å². The summed E-state index contributed by atoms with van der Waals surface area (Å²) >= 11 is 0. The van der Waals surface area contributed by atoms with Gasteiger partial charge in [-0.15, -0.1) is 5.10 Å². The lowest BCUT2D eigenvalue weighted by atomic mass is 9.99. The van der Waals surface area contributed by atoms with Crippen LogP contribution in [0.25, 0.3) is 5.52 Å². The number of hydrogen-bond donors (Lipinski definition) is 3. The summed E-state index contributed by atoms with van der Waals surface area (Å²) in [6.45, 7) is 2.28. The van der Waals surface area contributed by atoms with Crippen molar-refractivity contribution in [2.45, 2.75) is 25.4 Å². The fourth-order valence-corrected chi connectivity index (χ4v) is 2.45. The van der Waals surface area contributed by atoms with Crippen LogP contribution >= 0.6 is 0 Å². The molecule has 0 radical (unpaired) electrons. The highest BCUT2D eigenvalue weighted by Gasteiger charge is 2.38. The number of hydrogen-bond acceptors (Lipinski definition) is 6. The average Bonchev–Trinajstić information content (AvgIpc) is 3.14. The lowest BCUT2D eigenvalue weighted by molar-refractivity contribution is -0.177. The number of nitrogens with one attached hydrogen (secondary N) is 3. The summed E-state index contributed by atoms with van der Waals surface area (Å²) in [4.78, 5) is 22.4. The number of allylic oxidation sites excluding steroid dienone is 1. The van der Waals surface area contributed by atoms with Crippen molar-refractivity contribution < 1.29 is 18.0 Å². The van der Waals surface area contributed by atoms with Crippen LogP contribution in [0.15, 0.2) is 40.6 Å². The minimum absolute atomic E-state index is 0.000451. The third kappa shape index (κ3) is 6.30. The lowest BCUT2D eigenvalue weighted by Crippen LogP contribution is -2.26. The average molecular weight is 401 g/mol. The summed E-state index contributed by atoms with van der Waals surface area (Å²) in [5.74, 6) is -1.41. The first-order valence-corrected chi connectivity index (χ1v) is 8.28. The smallest absolute Gasteiger partial charge is 0.320 e. The first kappa shape index (κ1) is 23.0. The third-order valence-electron chi connectivity index (χ3n) is 3.85. The number of carbonyl (C=O) groups is 1. The summed E-state index contributed by atoms with van der Waals surface area (Å²) in [6, 6.07) is 3.22. The van der Waals surface area contributed by atoms with Crippen molar-refractivity contribution in [1.82, 2.24) is 19.9 Å². The minimum atomic E-state index is -4.25. The first-order chi connectivity index (χ1) is 13.4. The highest BCUT2D eigenvalue weighted by atomic mass is 19.4. The van der Waals surface area contributed by atoms with Gasteiger partial charge in [0.2, 0.25) is 5.95 Å². The van der Waals surface area contributed by atoms with Crippen molar-refractivity contribution in [3.8, 4) is 0 Å².